The van der Waals surface area contributed by atoms with Crippen molar-refractivity contribution >= 4 is 29.3 Å². The molecule has 0 aromatic heterocycles. The van der Waals surface area contributed by atoms with Crippen LogP contribution in [-0.2, 0) is 19.2 Å². The Balaban J connectivity index is 3.00. The summed E-state index contributed by atoms with van der Waals surface area (Å²) < 4.78 is 4.76. The first-order valence-electron chi connectivity index (χ1n) is 5.89. The zero-order valence-corrected chi connectivity index (χ0v) is 11.9. The molecule has 1 aromatic rings. The number of oxime groups is 1. The molecule has 0 amide bonds. The Morgan fingerprint density at radius 1 is 1.35 bits per heavy atom. The van der Waals surface area contributed by atoms with Gasteiger partial charge in [-0.2, -0.15) is 0 Å². The second-order valence-electron chi connectivity index (χ2n) is 3.66. The number of benzene rings is 1. The van der Waals surface area contributed by atoms with Crippen molar-refractivity contribution in [3.63, 3.8) is 0 Å². The van der Waals surface area contributed by atoms with Gasteiger partial charge in [0.15, 0.2) is 0 Å². The van der Waals surface area contributed by atoms with Crippen LogP contribution in [0, 0.1) is 0 Å². The van der Waals surface area contributed by atoms with Crippen molar-refractivity contribution in [2.75, 3.05) is 6.61 Å². The van der Waals surface area contributed by atoms with Crippen LogP contribution in [-0.4, -0.2) is 24.3 Å². The zero-order chi connectivity index (χ0) is 15.0. The van der Waals surface area contributed by atoms with E-state index in [9.17, 15) is 9.59 Å². The van der Waals surface area contributed by atoms with E-state index in [1.54, 1.807) is 31.2 Å². The fraction of sp³-hybridized carbons (Fsp3) is 0.214. The van der Waals surface area contributed by atoms with E-state index in [0.29, 0.717) is 10.6 Å². The molecule has 1 aromatic carbocycles. The molecule has 0 heterocycles. The van der Waals surface area contributed by atoms with Gasteiger partial charge in [-0.3, -0.25) is 0 Å². The molecule has 0 bridgehead atoms. The quantitative estimate of drug-likeness (QED) is 0.275. The molecular formula is C14H14ClNO4. The van der Waals surface area contributed by atoms with Crippen LogP contribution in [0.3, 0.4) is 0 Å². The highest BCUT2D eigenvalue weighted by Gasteiger charge is 2.04. The third-order valence-electron chi connectivity index (χ3n) is 2.06. The van der Waals surface area contributed by atoms with Crippen molar-refractivity contribution in [2.45, 2.75) is 13.8 Å². The Labute approximate surface area is 121 Å². The largest absolute Gasteiger partial charge is 0.463 e. The molecule has 0 spiro atoms. The van der Waals surface area contributed by atoms with E-state index in [-0.39, 0.29) is 12.3 Å². The summed E-state index contributed by atoms with van der Waals surface area (Å²) in [6.07, 6.45) is 2.60. The van der Waals surface area contributed by atoms with E-state index in [0.717, 1.165) is 0 Å². The lowest BCUT2D eigenvalue weighted by Crippen LogP contribution is -2.04. The van der Waals surface area contributed by atoms with Gasteiger partial charge in [0.2, 0.25) is 0 Å². The number of carbonyl (C=O) groups excluding carboxylic acids is 2. The Hall–Kier alpha value is -2.14. The maximum atomic E-state index is 11.3. The van der Waals surface area contributed by atoms with Crippen LogP contribution in [0.5, 0.6) is 0 Å². The monoisotopic (exact) mass is 295 g/mol. The molecule has 0 saturated carbocycles. The minimum absolute atomic E-state index is 0.275. The summed E-state index contributed by atoms with van der Waals surface area (Å²) in [5, 5.41) is 4.18. The van der Waals surface area contributed by atoms with Crippen molar-refractivity contribution in [1.29, 1.82) is 0 Å². The molecule has 6 heteroatoms. The molecule has 1 rings (SSSR count). The number of esters is 1. The van der Waals surface area contributed by atoms with Crippen LogP contribution in [0.25, 0.3) is 0 Å². The predicted molar refractivity (Wildman–Crippen MR) is 75.5 cm³/mol. The van der Waals surface area contributed by atoms with E-state index < -0.39 is 11.9 Å². The third-order valence-corrected chi connectivity index (χ3v) is 2.29. The van der Waals surface area contributed by atoms with Gasteiger partial charge in [0, 0.05) is 23.6 Å². The van der Waals surface area contributed by atoms with Gasteiger partial charge in [-0.15, -0.1) is 0 Å². The zero-order valence-electron chi connectivity index (χ0n) is 11.1. The van der Waals surface area contributed by atoms with E-state index in [4.69, 9.17) is 16.3 Å². The molecule has 0 saturated heterocycles. The van der Waals surface area contributed by atoms with Gasteiger partial charge >= 0.3 is 11.9 Å². The molecule has 0 atom stereocenters. The van der Waals surface area contributed by atoms with Crippen LogP contribution < -0.4 is 0 Å². The lowest BCUT2D eigenvalue weighted by molar-refractivity contribution is -0.141. The second kappa shape index (κ2) is 8.12. The lowest BCUT2D eigenvalue weighted by atomic mass is 10.1. The maximum absolute atomic E-state index is 11.3. The number of allylic oxidation sites excluding steroid dienone is 1. The van der Waals surface area contributed by atoms with Crippen LogP contribution in [0.2, 0.25) is 5.02 Å². The average Bonchev–Trinajstić information content (AvgIpc) is 2.38. The van der Waals surface area contributed by atoms with E-state index in [1.807, 2.05) is 0 Å². The minimum atomic E-state index is -0.561. The average molecular weight is 296 g/mol. The number of hydrogen-bond acceptors (Lipinski definition) is 5. The molecule has 0 aliphatic rings. The van der Waals surface area contributed by atoms with E-state index in [1.165, 1.54) is 19.1 Å². The number of ether oxygens (including phenoxy) is 1. The first-order valence-corrected chi connectivity index (χ1v) is 6.27. The Morgan fingerprint density at radius 3 is 2.70 bits per heavy atom. The molecule has 0 aliphatic carbocycles. The number of halogens is 1. The fourth-order valence-corrected chi connectivity index (χ4v) is 1.47. The van der Waals surface area contributed by atoms with Crippen molar-refractivity contribution < 1.29 is 19.2 Å². The number of hydrogen-bond donors (Lipinski definition) is 0. The molecule has 5 nitrogen and oxygen atoms in total. The molecular weight excluding hydrogens is 282 g/mol. The SMILES string of the molecule is CCOC(=O)/C=C/C(=N\OC(C)=O)c1cccc(Cl)c1. The molecule has 0 unspecified atom stereocenters. The summed E-state index contributed by atoms with van der Waals surface area (Å²) in [4.78, 5) is 26.7. The van der Waals surface area contributed by atoms with Crippen molar-refractivity contribution in [2.24, 2.45) is 5.16 Å². The number of nitrogens with zero attached hydrogens (tertiary/aromatic N) is 1. The Kier molecular flexibility index (Phi) is 6.46. The van der Waals surface area contributed by atoms with Crippen molar-refractivity contribution in [3.8, 4) is 0 Å². The highest BCUT2D eigenvalue weighted by atomic mass is 35.5. The first kappa shape index (κ1) is 15.9. The Bertz CT molecular complexity index is 552. The van der Waals surface area contributed by atoms with Crippen LogP contribution in [0.4, 0.5) is 0 Å². The van der Waals surface area contributed by atoms with E-state index in [2.05, 4.69) is 9.99 Å². The summed E-state index contributed by atoms with van der Waals surface area (Å²) in [6, 6.07) is 6.78. The number of carbonyl (C=O) groups is 2. The molecule has 106 valence electrons. The Morgan fingerprint density at radius 2 is 2.10 bits per heavy atom. The van der Waals surface area contributed by atoms with Gasteiger partial charge in [0.05, 0.1) is 6.61 Å². The second-order valence-corrected chi connectivity index (χ2v) is 4.09. The van der Waals surface area contributed by atoms with E-state index >= 15 is 0 Å². The van der Waals surface area contributed by atoms with Crippen LogP contribution in [0.1, 0.15) is 19.4 Å². The molecule has 0 fully saturated rings. The fourth-order valence-electron chi connectivity index (χ4n) is 1.28. The maximum Gasteiger partial charge on any atom is 0.332 e. The minimum Gasteiger partial charge on any atom is -0.463 e. The van der Waals surface area contributed by atoms with Gasteiger partial charge < -0.3 is 9.57 Å². The summed E-state index contributed by atoms with van der Waals surface area (Å²) in [5.41, 5.74) is 0.898. The summed E-state index contributed by atoms with van der Waals surface area (Å²) in [6.45, 7) is 3.21. The lowest BCUT2D eigenvalue weighted by Gasteiger charge is -2.02. The molecule has 0 N–H and O–H groups in total. The highest BCUT2D eigenvalue weighted by molar-refractivity contribution is 6.31. The number of rotatable bonds is 5. The molecule has 20 heavy (non-hydrogen) atoms. The van der Waals surface area contributed by atoms with Gasteiger partial charge in [0.1, 0.15) is 5.71 Å². The van der Waals surface area contributed by atoms with Gasteiger partial charge in [-0.25, -0.2) is 9.59 Å². The summed E-state index contributed by atoms with van der Waals surface area (Å²) in [5.74, 6) is -1.07. The standard InChI is InChI=1S/C14H14ClNO4/c1-3-19-14(18)8-7-13(16-20-10(2)17)11-5-4-6-12(15)9-11/h4-9H,3H2,1-2H3/b8-7+,16-13+. The van der Waals surface area contributed by atoms with Crippen molar-refractivity contribution in [1.82, 2.24) is 0 Å². The highest BCUT2D eigenvalue weighted by Crippen LogP contribution is 2.12. The normalized spacial score (nSPS) is 11.4. The third kappa shape index (κ3) is 5.67. The van der Waals surface area contributed by atoms with Gasteiger partial charge in [0.25, 0.3) is 0 Å². The van der Waals surface area contributed by atoms with Gasteiger partial charge in [-0.05, 0) is 25.1 Å². The molecule has 0 aliphatic heterocycles. The smallest absolute Gasteiger partial charge is 0.332 e. The molecule has 0 radical (unpaired) electrons. The topological polar surface area (TPSA) is 65.0 Å². The summed E-state index contributed by atoms with van der Waals surface area (Å²) in [7, 11) is 0. The van der Waals surface area contributed by atoms with Crippen molar-refractivity contribution in [3.05, 3.63) is 47.0 Å². The first-order chi connectivity index (χ1) is 9.52. The van der Waals surface area contributed by atoms with Crippen LogP contribution in [0.15, 0.2) is 41.6 Å². The van der Waals surface area contributed by atoms with Gasteiger partial charge in [-0.1, -0.05) is 28.9 Å². The predicted octanol–water partition coefficient (Wildman–Crippen LogP) is 2.73. The van der Waals surface area contributed by atoms with Crippen LogP contribution >= 0.6 is 11.6 Å². The summed E-state index contributed by atoms with van der Waals surface area (Å²) >= 11 is 5.89.